The zero-order chi connectivity index (χ0) is 13.2. The fraction of sp³-hybridized carbons (Fsp3) is 0.231. The number of H-pyrrole nitrogens is 1. The Morgan fingerprint density at radius 3 is 3.16 bits per heavy atom. The zero-order valence-corrected chi connectivity index (χ0v) is 11.6. The summed E-state index contributed by atoms with van der Waals surface area (Å²) in [6, 6.07) is 7.49. The molecule has 19 heavy (non-hydrogen) atoms. The Labute approximate surface area is 119 Å². The molecule has 0 spiro atoms. The molecule has 1 aromatic heterocycles. The van der Waals surface area contributed by atoms with E-state index < -0.39 is 0 Å². The summed E-state index contributed by atoms with van der Waals surface area (Å²) < 4.78 is 0. The van der Waals surface area contributed by atoms with Gasteiger partial charge in [0, 0.05) is 21.9 Å². The average molecular weight is 294 g/mol. The van der Waals surface area contributed by atoms with Gasteiger partial charge in [-0.3, -0.25) is 9.89 Å². The van der Waals surface area contributed by atoms with Crippen LogP contribution in [-0.4, -0.2) is 21.9 Å². The summed E-state index contributed by atoms with van der Waals surface area (Å²) >= 11 is 7.84. The van der Waals surface area contributed by atoms with Gasteiger partial charge in [-0.2, -0.15) is 5.10 Å². The van der Waals surface area contributed by atoms with Gasteiger partial charge >= 0.3 is 0 Å². The summed E-state index contributed by atoms with van der Waals surface area (Å²) in [4.78, 5) is 13.2. The lowest BCUT2D eigenvalue weighted by atomic mass is 10.0. The van der Waals surface area contributed by atoms with Gasteiger partial charge in [0.2, 0.25) is 0 Å². The molecule has 0 unspecified atom stereocenters. The molecule has 4 nitrogen and oxygen atoms in total. The zero-order valence-electron chi connectivity index (χ0n) is 10.0. The minimum Gasteiger partial charge on any atom is -0.344 e. The van der Waals surface area contributed by atoms with Gasteiger partial charge in [0.25, 0.3) is 5.91 Å². The number of aromatic nitrogens is 2. The van der Waals surface area contributed by atoms with Gasteiger partial charge in [-0.25, -0.2) is 0 Å². The summed E-state index contributed by atoms with van der Waals surface area (Å²) in [6.07, 6.45) is 2.47. The van der Waals surface area contributed by atoms with Gasteiger partial charge in [0.15, 0.2) is 0 Å². The molecule has 1 atom stereocenters. The van der Waals surface area contributed by atoms with E-state index in [1.54, 1.807) is 24.0 Å². The molecule has 1 aliphatic heterocycles. The van der Waals surface area contributed by atoms with Crippen LogP contribution in [0.3, 0.4) is 0 Å². The largest absolute Gasteiger partial charge is 0.344 e. The first-order valence-electron chi connectivity index (χ1n) is 5.96. The number of aromatic amines is 1. The average Bonchev–Trinajstić information content (AvgIpc) is 2.93. The van der Waals surface area contributed by atoms with Gasteiger partial charge in [0.05, 0.1) is 6.04 Å². The molecule has 0 aliphatic carbocycles. The van der Waals surface area contributed by atoms with E-state index in [4.69, 9.17) is 11.6 Å². The smallest absolute Gasteiger partial charge is 0.269 e. The van der Waals surface area contributed by atoms with Crippen molar-refractivity contribution < 1.29 is 4.79 Å². The van der Waals surface area contributed by atoms with Gasteiger partial charge < -0.3 is 5.32 Å². The van der Waals surface area contributed by atoms with E-state index in [-0.39, 0.29) is 11.9 Å². The van der Waals surface area contributed by atoms with Crippen LogP contribution in [0.25, 0.3) is 0 Å². The van der Waals surface area contributed by atoms with Gasteiger partial charge in [-0.05, 0) is 36.2 Å². The molecule has 2 heterocycles. The number of hydrogen-bond donors (Lipinski definition) is 2. The molecule has 2 N–H and O–H groups in total. The van der Waals surface area contributed by atoms with Crippen LogP contribution in [0.5, 0.6) is 0 Å². The Bertz CT molecular complexity index is 600. The molecule has 1 aliphatic rings. The van der Waals surface area contributed by atoms with Crippen molar-refractivity contribution in [3.05, 3.63) is 46.7 Å². The molecular formula is C13H12ClN3OS. The second-order valence-corrected chi connectivity index (χ2v) is 5.89. The Morgan fingerprint density at radius 2 is 2.37 bits per heavy atom. The third-order valence-corrected chi connectivity index (χ3v) is 4.42. The highest BCUT2D eigenvalue weighted by atomic mass is 35.5. The molecule has 3 rings (SSSR count). The number of rotatable bonds is 2. The number of carbonyl (C=O) groups excluding carboxylic acids is 1. The molecule has 2 aromatic rings. The van der Waals surface area contributed by atoms with Gasteiger partial charge in [0.1, 0.15) is 5.69 Å². The number of nitrogens with zero attached hydrogens (tertiary/aromatic N) is 1. The lowest BCUT2D eigenvalue weighted by Crippen LogP contribution is -2.30. The molecule has 0 radical (unpaired) electrons. The number of amides is 1. The lowest BCUT2D eigenvalue weighted by Gasteiger charge is -2.25. The highest BCUT2D eigenvalue weighted by Crippen LogP contribution is 2.37. The van der Waals surface area contributed by atoms with Crippen molar-refractivity contribution in [3.63, 3.8) is 0 Å². The fourth-order valence-corrected chi connectivity index (χ4v) is 3.42. The normalized spacial score (nSPS) is 17.8. The highest BCUT2D eigenvalue weighted by Gasteiger charge is 2.23. The van der Waals surface area contributed by atoms with Crippen LogP contribution in [0, 0.1) is 0 Å². The molecule has 0 fully saturated rings. The predicted molar refractivity (Wildman–Crippen MR) is 75.6 cm³/mol. The van der Waals surface area contributed by atoms with Crippen LogP contribution >= 0.6 is 23.4 Å². The Hall–Kier alpha value is -1.46. The van der Waals surface area contributed by atoms with E-state index in [2.05, 4.69) is 15.5 Å². The van der Waals surface area contributed by atoms with Crippen molar-refractivity contribution in [2.45, 2.75) is 17.4 Å². The van der Waals surface area contributed by atoms with Crippen molar-refractivity contribution in [2.75, 3.05) is 5.75 Å². The van der Waals surface area contributed by atoms with Gasteiger partial charge in [-0.1, -0.05) is 11.6 Å². The summed E-state index contributed by atoms with van der Waals surface area (Å²) in [6.45, 7) is 0. The standard InChI is InChI=1S/C13H12ClN3OS/c14-8-1-2-12-9(7-8)10(4-6-19-12)16-13(18)11-3-5-15-17-11/h1-3,5,7,10H,4,6H2,(H,15,17)(H,16,18)/t10-/m0/s1. The summed E-state index contributed by atoms with van der Waals surface area (Å²) in [5.41, 5.74) is 1.57. The maximum atomic E-state index is 12.0. The van der Waals surface area contributed by atoms with Crippen LogP contribution in [0.15, 0.2) is 35.4 Å². The number of hydrogen-bond acceptors (Lipinski definition) is 3. The van der Waals surface area contributed by atoms with Crippen LogP contribution in [0.2, 0.25) is 5.02 Å². The molecule has 0 saturated carbocycles. The second kappa shape index (κ2) is 5.27. The molecule has 1 amide bonds. The summed E-state index contributed by atoms with van der Waals surface area (Å²) in [5, 5.41) is 10.2. The quantitative estimate of drug-likeness (QED) is 0.895. The fourth-order valence-electron chi connectivity index (χ4n) is 2.13. The van der Waals surface area contributed by atoms with Crippen molar-refractivity contribution in [3.8, 4) is 0 Å². The highest BCUT2D eigenvalue weighted by molar-refractivity contribution is 7.99. The van der Waals surface area contributed by atoms with Gasteiger partial charge in [-0.15, -0.1) is 11.8 Å². The van der Waals surface area contributed by atoms with E-state index in [0.29, 0.717) is 10.7 Å². The third-order valence-electron chi connectivity index (χ3n) is 3.06. The van der Waals surface area contributed by atoms with E-state index in [9.17, 15) is 4.79 Å². The Kier molecular flexibility index (Phi) is 3.48. The first-order chi connectivity index (χ1) is 9.24. The van der Waals surface area contributed by atoms with Crippen LogP contribution in [-0.2, 0) is 0 Å². The third kappa shape index (κ3) is 2.62. The molecule has 0 saturated heterocycles. The minimum absolute atomic E-state index is 0.00532. The van der Waals surface area contributed by atoms with E-state index in [1.165, 1.54) is 4.90 Å². The number of fused-ring (bicyclic) bond motifs is 1. The Morgan fingerprint density at radius 1 is 1.47 bits per heavy atom. The number of halogens is 1. The molecule has 0 bridgehead atoms. The minimum atomic E-state index is -0.139. The van der Waals surface area contributed by atoms with Crippen molar-refractivity contribution in [2.24, 2.45) is 0 Å². The maximum absolute atomic E-state index is 12.0. The number of nitrogens with one attached hydrogen (secondary N) is 2. The van der Waals surface area contributed by atoms with Crippen LogP contribution < -0.4 is 5.32 Å². The van der Waals surface area contributed by atoms with E-state index >= 15 is 0 Å². The first-order valence-corrected chi connectivity index (χ1v) is 7.33. The summed E-state index contributed by atoms with van der Waals surface area (Å²) in [7, 11) is 0. The topological polar surface area (TPSA) is 57.8 Å². The number of thioether (sulfide) groups is 1. The monoisotopic (exact) mass is 293 g/mol. The summed E-state index contributed by atoms with van der Waals surface area (Å²) in [5.74, 6) is 0.850. The molecule has 1 aromatic carbocycles. The first kappa shape index (κ1) is 12.6. The molecule has 98 valence electrons. The maximum Gasteiger partial charge on any atom is 0.269 e. The van der Waals surface area contributed by atoms with Crippen molar-refractivity contribution in [1.29, 1.82) is 0 Å². The lowest BCUT2D eigenvalue weighted by molar-refractivity contribution is 0.0930. The Balaban J connectivity index is 1.84. The van der Waals surface area contributed by atoms with Crippen LogP contribution in [0.1, 0.15) is 28.5 Å². The van der Waals surface area contributed by atoms with Crippen LogP contribution in [0.4, 0.5) is 0 Å². The van der Waals surface area contributed by atoms with E-state index in [0.717, 1.165) is 17.7 Å². The predicted octanol–water partition coefficient (Wildman–Crippen LogP) is 3.03. The molecule has 6 heteroatoms. The number of carbonyl (C=O) groups is 1. The second-order valence-electron chi connectivity index (χ2n) is 4.32. The molecular weight excluding hydrogens is 282 g/mol. The number of benzene rings is 1. The SMILES string of the molecule is O=C(N[C@H]1CCSc2ccc(Cl)cc21)c1ccn[nH]1. The van der Waals surface area contributed by atoms with E-state index in [1.807, 2.05) is 18.2 Å². The van der Waals surface area contributed by atoms with Crippen molar-refractivity contribution in [1.82, 2.24) is 15.5 Å². The van der Waals surface area contributed by atoms with Crippen molar-refractivity contribution >= 4 is 29.3 Å².